The number of para-hydroxylation sites is 1. The molecule has 1 aliphatic rings. The second-order valence-electron chi connectivity index (χ2n) is 4.27. The van der Waals surface area contributed by atoms with Crippen molar-refractivity contribution in [3.63, 3.8) is 0 Å². The molecule has 4 nitrogen and oxygen atoms in total. The molecule has 1 atom stereocenters. The third-order valence-corrected chi connectivity index (χ3v) is 3.99. The van der Waals surface area contributed by atoms with Crippen molar-refractivity contribution in [1.29, 1.82) is 5.26 Å². The van der Waals surface area contributed by atoms with Crippen LogP contribution in [-0.4, -0.2) is 19.0 Å². The topological polar surface area (TPSA) is 59.3 Å². The molecular weight excluding hydrogens is 274 g/mol. The molecule has 0 aliphatic carbocycles. The van der Waals surface area contributed by atoms with Crippen molar-refractivity contribution in [1.82, 2.24) is 0 Å². The van der Waals surface area contributed by atoms with Crippen molar-refractivity contribution in [2.45, 2.75) is 5.92 Å². The van der Waals surface area contributed by atoms with Crippen molar-refractivity contribution in [3.05, 3.63) is 46.2 Å². The number of ketones is 1. The monoisotopic (exact) mass is 285 g/mol. The largest absolute Gasteiger partial charge is 0.486 e. The first-order valence-corrected chi connectivity index (χ1v) is 7.05. The molecule has 1 aromatic heterocycles. The van der Waals surface area contributed by atoms with Gasteiger partial charge in [-0.1, -0.05) is 12.1 Å². The summed E-state index contributed by atoms with van der Waals surface area (Å²) in [5.41, 5.74) is 0.405. The molecule has 2 heterocycles. The highest BCUT2D eigenvalue weighted by molar-refractivity contribution is 7.10. The highest BCUT2D eigenvalue weighted by atomic mass is 32.1. The van der Waals surface area contributed by atoms with Crippen molar-refractivity contribution in [3.8, 4) is 17.6 Å². The number of carbonyl (C=O) groups excluding carboxylic acids is 1. The average molecular weight is 285 g/mol. The van der Waals surface area contributed by atoms with Gasteiger partial charge in [0.25, 0.3) is 0 Å². The molecule has 0 saturated carbocycles. The van der Waals surface area contributed by atoms with Crippen LogP contribution in [0, 0.1) is 11.3 Å². The van der Waals surface area contributed by atoms with Gasteiger partial charge in [0.05, 0.1) is 11.6 Å². The van der Waals surface area contributed by atoms with Crippen LogP contribution in [0.15, 0.2) is 35.7 Å². The Hall–Kier alpha value is -2.32. The number of rotatable bonds is 3. The van der Waals surface area contributed by atoms with Crippen LogP contribution in [0.5, 0.6) is 11.5 Å². The lowest BCUT2D eigenvalue weighted by Crippen LogP contribution is -2.19. The number of nitrogens with zero attached hydrogens (tertiary/aromatic N) is 1. The maximum atomic E-state index is 12.6. The lowest BCUT2D eigenvalue weighted by Gasteiger charge is -2.21. The van der Waals surface area contributed by atoms with E-state index < -0.39 is 5.92 Å². The van der Waals surface area contributed by atoms with Gasteiger partial charge in [-0.05, 0) is 23.6 Å². The number of Topliss-reactive ketones (excluding diaryl/α,β-unsaturated/α-hetero) is 1. The number of fused-ring (bicyclic) bond motifs is 1. The van der Waals surface area contributed by atoms with E-state index in [1.807, 2.05) is 11.4 Å². The quantitative estimate of drug-likeness (QED) is 0.813. The van der Waals surface area contributed by atoms with Crippen LogP contribution in [-0.2, 0) is 0 Å². The predicted octanol–water partition coefficient (Wildman–Crippen LogP) is 3.01. The summed E-state index contributed by atoms with van der Waals surface area (Å²) in [5.74, 6) is -0.0464. The van der Waals surface area contributed by atoms with Crippen LogP contribution in [0.1, 0.15) is 21.2 Å². The van der Waals surface area contributed by atoms with Gasteiger partial charge in [0.1, 0.15) is 19.1 Å². The standard InChI is InChI=1S/C15H11NO3S/c16-9-11(13-5-2-8-20-13)14(17)10-3-1-4-12-15(10)19-7-6-18-12/h1-5,8,11H,6-7H2. The number of nitriles is 1. The van der Waals surface area contributed by atoms with Gasteiger partial charge in [0.15, 0.2) is 17.3 Å². The molecule has 1 unspecified atom stereocenters. The summed E-state index contributed by atoms with van der Waals surface area (Å²) < 4.78 is 11.0. The highest BCUT2D eigenvalue weighted by Crippen LogP contribution is 2.36. The van der Waals surface area contributed by atoms with E-state index in [4.69, 9.17) is 9.47 Å². The third-order valence-electron chi connectivity index (χ3n) is 3.05. The van der Waals surface area contributed by atoms with E-state index in [9.17, 15) is 10.1 Å². The van der Waals surface area contributed by atoms with Gasteiger partial charge in [-0.15, -0.1) is 11.3 Å². The summed E-state index contributed by atoms with van der Waals surface area (Å²) in [5, 5.41) is 11.2. The summed E-state index contributed by atoms with van der Waals surface area (Å²) >= 11 is 1.40. The fourth-order valence-corrected chi connectivity index (χ4v) is 2.90. The van der Waals surface area contributed by atoms with E-state index in [1.165, 1.54) is 11.3 Å². The predicted molar refractivity (Wildman–Crippen MR) is 74.4 cm³/mol. The number of carbonyl (C=O) groups is 1. The van der Waals surface area contributed by atoms with Gasteiger partial charge < -0.3 is 9.47 Å². The second kappa shape index (κ2) is 5.35. The molecule has 0 saturated heterocycles. The van der Waals surface area contributed by atoms with Crippen molar-refractivity contribution in [2.75, 3.05) is 13.2 Å². The van der Waals surface area contributed by atoms with Crippen LogP contribution in [0.4, 0.5) is 0 Å². The lowest BCUT2D eigenvalue weighted by molar-refractivity contribution is 0.0968. The first kappa shape index (κ1) is 12.7. The van der Waals surface area contributed by atoms with Crippen LogP contribution < -0.4 is 9.47 Å². The summed E-state index contributed by atoms with van der Waals surface area (Å²) in [6.07, 6.45) is 0. The molecule has 5 heteroatoms. The highest BCUT2D eigenvalue weighted by Gasteiger charge is 2.28. The minimum absolute atomic E-state index is 0.252. The molecule has 2 aromatic rings. The van der Waals surface area contributed by atoms with Gasteiger partial charge in [-0.2, -0.15) is 5.26 Å². The van der Waals surface area contributed by atoms with E-state index in [0.29, 0.717) is 30.3 Å². The number of benzene rings is 1. The molecular formula is C15H11NO3S. The lowest BCUT2D eigenvalue weighted by atomic mass is 9.96. The molecule has 0 N–H and O–H groups in total. The molecule has 0 spiro atoms. The molecule has 3 rings (SSSR count). The number of thiophene rings is 1. The first-order chi connectivity index (χ1) is 9.81. The average Bonchev–Trinajstić information content (AvgIpc) is 3.01. The Morgan fingerprint density at radius 2 is 2.10 bits per heavy atom. The molecule has 0 amide bonds. The minimum atomic E-state index is -0.799. The maximum absolute atomic E-state index is 12.6. The number of ether oxygens (including phenoxy) is 2. The smallest absolute Gasteiger partial charge is 0.189 e. The van der Waals surface area contributed by atoms with E-state index in [0.717, 1.165) is 4.88 Å². The van der Waals surface area contributed by atoms with Crippen LogP contribution >= 0.6 is 11.3 Å². The molecule has 1 aromatic carbocycles. The molecule has 20 heavy (non-hydrogen) atoms. The van der Waals surface area contributed by atoms with E-state index in [1.54, 1.807) is 24.3 Å². The van der Waals surface area contributed by atoms with Crippen molar-refractivity contribution < 1.29 is 14.3 Å². The summed E-state index contributed by atoms with van der Waals surface area (Å²) in [6, 6.07) is 10.9. The molecule has 0 bridgehead atoms. The first-order valence-electron chi connectivity index (χ1n) is 6.17. The van der Waals surface area contributed by atoms with E-state index in [2.05, 4.69) is 6.07 Å². The zero-order valence-corrected chi connectivity index (χ0v) is 11.4. The Balaban J connectivity index is 2.01. The SMILES string of the molecule is N#CC(C(=O)c1cccc2c1OCCO2)c1cccs1. The zero-order valence-electron chi connectivity index (χ0n) is 10.5. The summed E-state index contributed by atoms with van der Waals surface area (Å²) in [6.45, 7) is 0.880. The minimum Gasteiger partial charge on any atom is -0.486 e. The van der Waals surface area contributed by atoms with Crippen LogP contribution in [0.25, 0.3) is 0 Å². The molecule has 0 fully saturated rings. The Morgan fingerprint density at radius 1 is 1.25 bits per heavy atom. The van der Waals surface area contributed by atoms with Gasteiger partial charge in [-0.25, -0.2) is 0 Å². The second-order valence-corrected chi connectivity index (χ2v) is 5.25. The maximum Gasteiger partial charge on any atom is 0.189 e. The third kappa shape index (κ3) is 2.15. The van der Waals surface area contributed by atoms with Gasteiger partial charge in [-0.3, -0.25) is 4.79 Å². The number of hydrogen-bond acceptors (Lipinski definition) is 5. The van der Waals surface area contributed by atoms with Gasteiger partial charge in [0.2, 0.25) is 0 Å². The number of hydrogen-bond donors (Lipinski definition) is 0. The molecule has 0 radical (unpaired) electrons. The van der Waals surface area contributed by atoms with Gasteiger partial charge >= 0.3 is 0 Å². The van der Waals surface area contributed by atoms with Crippen molar-refractivity contribution >= 4 is 17.1 Å². The molecule has 100 valence electrons. The zero-order chi connectivity index (χ0) is 13.9. The summed E-state index contributed by atoms with van der Waals surface area (Å²) in [4.78, 5) is 13.3. The Bertz CT molecular complexity index is 673. The Morgan fingerprint density at radius 3 is 2.85 bits per heavy atom. The van der Waals surface area contributed by atoms with Crippen LogP contribution in [0.3, 0.4) is 0 Å². The van der Waals surface area contributed by atoms with Gasteiger partial charge in [0, 0.05) is 4.88 Å². The summed E-state index contributed by atoms with van der Waals surface area (Å²) in [7, 11) is 0. The van der Waals surface area contributed by atoms with Crippen molar-refractivity contribution in [2.24, 2.45) is 0 Å². The fraction of sp³-hybridized carbons (Fsp3) is 0.200. The van der Waals surface area contributed by atoms with E-state index >= 15 is 0 Å². The fourth-order valence-electron chi connectivity index (χ4n) is 2.13. The molecule has 1 aliphatic heterocycles. The Labute approximate surface area is 120 Å². The Kier molecular flexibility index (Phi) is 3.40. The normalized spacial score (nSPS) is 14.3. The van der Waals surface area contributed by atoms with Crippen LogP contribution in [0.2, 0.25) is 0 Å². The van der Waals surface area contributed by atoms with E-state index in [-0.39, 0.29) is 5.78 Å².